The Labute approximate surface area is 154 Å². The van der Waals surface area contributed by atoms with Crippen molar-refractivity contribution < 1.29 is 19.1 Å². The molecule has 7 heteroatoms. The average Bonchev–Trinajstić information content (AvgIpc) is 3.19. The number of ether oxygens (including phenoxy) is 2. The summed E-state index contributed by atoms with van der Waals surface area (Å²) < 4.78 is 10.6. The van der Waals surface area contributed by atoms with Gasteiger partial charge in [-0.1, -0.05) is 0 Å². The van der Waals surface area contributed by atoms with Crippen molar-refractivity contribution in [3.8, 4) is 5.75 Å². The fourth-order valence-corrected chi connectivity index (χ4v) is 3.87. The number of amides is 3. The SMILES string of the molecule is CCOCCCNC(=O)N1CC[C@]2(C1)C(=O)N(C)c1ccc(OC)cc12. The van der Waals surface area contributed by atoms with E-state index in [4.69, 9.17) is 9.47 Å². The van der Waals surface area contributed by atoms with Crippen LogP contribution in [0.25, 0.3) is 0 Å². The van der Waals surface area contributed by atoms with Gasteiger partial charge in [-0.2, -0.15) is 0 Å². The van der Waals surface area contributed by atoms with Gasteiger partial charge in [-0.25, -0.2) is 4.79 Å². The molecule has 0 bridgehead atoms. The van der Waals surface area contributed by atoms with Gasteiger partial charge in [-0.3, -0.25) is 4.79 Å². The second-order valence-corrected chi connectivity index (χ2v) is 6.78. The van der Waals surface area contributed by atoms with E-state index in [1.165, 1.54) is 0 Å². The number of likely N-dealkylation sites (N-methyl/N-ethyl adjacent to an activating group) is 1. The van der Waals surface area contributed by atoms with Gasteiger partial charge < -0.3 is 24.6 Å². The van der Waals surface area contributed by atoms with Crippen molar-refractivity contribution in [3.05, 3.63) is 23.8 Å². The van der Waals surface area contributed by atoms with Gasteiger partial charge in [0.25, 0.3) is 0 Å². The molecule has 1 N–H and O–H groups in total. The average molecular weight is 361 g/mol. The Hall–Kier alpha value is -2.28. The van der Waals surface area contributed by atoms with Crippen molar-refractivity contribution in [2.45, 2.75) is 25.2 Å². The van der Waals surface area contributed by atoms with E-state index in [9.17, 15) is 9.59 Å². The Morgan fingerprint density at radius 3 is 2.92 bits per heavy atom. The van der Waals surface area contributed by atoms with E-state index in [1.54, 1.807) is 24.0 Å². The minimum absolute atomic E-state index is 0.0485. The lowest BCUT2D eigenvalue weighted by Gasteiger charge is -2.23. The van der Waals surface area contributed by atoms with Gasteiger partial charge in [0, 0.05) is 45.6 Å². The number of hydrogen-bond donors (Lipinski definition) is 1. The third kappa shape index (κ3) is 3.11. The Balaban J connectivity index is 1.71. The van der Waals surface area contributed by atoms with Gasteiger partial charge in [0.2, 0.25) is 5.91 Å². The number of methoxy groups -OCH3 is 1. The minimum atomic E-state index is -0.665. The Kier molecular flexibility index (Phi) is 5.36. The van der Waals surface area contributed by atoms with Crippen LogP contribution in [0.15, 0.2) is 18.2 Å². The van der Waals surface area contributed by atoms with Crippen LogP contribution >= 0.6 is 0 Å². The predicted octanol–water partition coefficient (Wildman–Crippen LogP) is 1.75. The molecular formula is C19H27N3O4. The third-order valence-corrected chi connectivity index (χ3v) is 5.30. The molecule has 1 fully saturated rings. The van der Waals surface area contributed by atoms with Crippen molar-refractivity contribution in [1.82, 2.24) is 10.2 Å². The maximum atomic E-state index is 13.0. The third-order valence-electron chi connectivity index (χ3n) is 5.30. The summed E-state index contributed by atoms with van der Waals surface area (Å²) in [5.74, 6) is 0.775. The van der Waals surface area contributed by atoms with E-state index in [0.29, 0.717) is 39.3 Å². The van der Waals surface area contributed by atoms with Crippen LogP contribution in [-0.4, -0.2) is 63.8 Å². The zero-order chi connectivity index (χ0) is 18.7. The lowest BCUT2D eigenvalue weighted by Crippen LogP contribution is -2.44. The maximum absolute atomic E-state index is 13.0. The number of nitrogens with one attached hydrogen (secondary N) is 1. The Morgan fingerprint density at radius 2 is 2.19 bits per heavy atom. The van der Waals surface area contributed by atoms with Gasteiger partial charge >= 0.3 is 6.03 Å². The van der Waals surface area contributed by atoms with Gasteiger partial charge in [-0.15, -0.1) is 0 Å². The molecular weight excluding hydrogens is 334 g/mol. The first-order valence-electron chi connectivity index (χ1n) is 9.10. The standard InChI is InChI=1S/C19H27N3O4/c1-4-26-11-5-9-20-18(24)22-10-8-19(13-22)15-12-14(25-3)6-7-16(15)21(2)17(19)23/h6-7,12H,4-5,8-11,13H2,1-3H3,(H,20,24)/t19-/m1/s1. The minimum Gasteiger partial charge on any atom is -0.497 e. The van der Waals surface area contributed by atoms with Crippen molar-refractivity contribution in [1.29, 1.82) is 0 Å². The molecule has 2 aliphatic heterocycles. The molecule has 0 radical (unpaired) electrons. The number of carbonyl (C=O) groups excluding carboxylic acids is 2. The number of nitrogens with zero attached hydrogens (tertiary/aromatic N) is 2. The number of urea groups is 1. The molecule has 1 saturated heterocycles. The van der Waals surface area contributed by atoms with E-state index in [0.717, 1.165) is 23.4 Å². The highest BCUT2D eigenvalue weighted by Crippen LogP contribution is 2.47. The van der Waals surface area contributed by atoms with E-state index >= 15 is 0 Å². The number of anilines is 1. The molecule has 26 heavy (non-hydrogen) atoms. The van der Waals surface area contributed by atoms with Gasteiger partial charge in [0.05, 0.1) is 12.5 Å². The first-order valence-corrected chi connectivity index (χ1v) is 9.10. The van der Waals surface area contributed by atoms with E-state index in [1.807, 2.05) is 25.1 Å². The number of likely N-dealkylation sites (tertiary alicyclic amines) is 1. The summed E-state index contributed by atoms with van der Waals surface area (Å²) in [5.41, 5.74) is 1.19. The summed E-state index contributed by atoms with van der Waals surface area (Å²) >= 11 is 0. The summed E-state index contributed by atoms with van der Waals surface area (Å²) in [6.07, 6.45) is 1.41. The van der Waals surface area contributed by atoms with Crippen LogP contribution in [0.5, 0.6) is 5.75 Å². The lowest BCUT2D eigenvalue weighted by atomic mass is 9.81. The highest BCUT2D eigenvalue weighted by atomic mass is 16.5. The Morgan fingerprint density at radius 1 is 1.38 bits per heavy atom. The molecule has 2 aliphatic rings. The van der Waals surface area contributed by atoms with E-state index in [-0.39, 0.29) is 11.9 Å². The van der Waals surface area contributed by atoms with Gasteiger partial charge in [0.15, 0.2) is 0 Å². The fourth-order valence-electron chi connectivity index (χ4n) is 3.87. The van der Waals surface area contributed by atoms with Crippen LogP contribution in [-0.2, 0) is 14.9 Å². The van der Waals surface area contributed by atoms with Crippen LogP contribution in [0.2, 0.25) is 0 Å². The number of fused-ring (bicyclic) bond motifs is 2. The van der Waals surface area contributed by atoms with Crippen LogP contribution < -0.4 is 15.0 Å². The molecule has 7 nitrogen and oxygen atoms in total. The summed E-state index contributed by atoms with van der Waals surface area (Å²) in [4.78, 5) is 28.9. The highest BCUT2D eigenvalue weighted by Gasteiger charge is 2.54. The Bertz CT molecular complexity index is 693. The van der Waals surface area contributed by atoms with Gasteiger partial charge in [-0.05, 0) is 43.5 Å². The fraction of sp³-hybridized carbons (Fsp3) is 0.579. The second-order valence-electron chi connectivity index (χ2n) is 6.78. The molecule has 1 spiro atoms. The molecule has 1 atom stereocenters. The first kappa shape index (κ1) is 18.5. The zero-order valence-electron chi connectivity index (χ0n) is 15.7. The maximum Gasteiger partial charge on any atom is 0.317 e. The lowest BCUT2D eigenvalue weighted by molar-refractivity contribution is -0.122. The molecule has 2 heterocycles. The largest absolute Gasteiger partial charge is 0.497 e. The monoisotopic (exact) mass is 361 g/mol. The second kappa shape index (κ2) is 7.53. The van der Waals surface area contributed by atoms with Crippen LogP contribution in [0, 0.1) is 0 Å². The van der Waals surface area contributed by atoms with E-state index in [2.05, 4.69) is 5.32 Å². The van der Waals surface area contributed by atoms with E-state index < -0.39 is 5.41 Å². The predicted molar refractivity (Wildman–Crippen MR) is 98.8 cm³/mol. The molecule has 3 rings (SSSR count). The van der Waals surface area contributed by atoms with Crippen LogP contribution in [0.3, 0.4) is 0 Å². The molecule has 1 aromatic carbocycles. The summed E-state index contributed by atoms with van der Waals surface area (Å²) in [5, 5.41) is 2.92. The number of benzene rings is 1. The van der Waals surface area contributed by atoms with Crippen molar-refractivity contribution >= 4 is 17.6 Å². The van der Waals surface area contributed by atoms with Gasteiger partial charge in [0.1, 0.15) is 5.75 Å². The number of carbonyl (C=O) groups is 2. The number of hydrogen-bond acceptors (Lipinski definition) is 4. The first-order chi connectivity index (χ1) is 12.5. The topological polar surface area (TPSA) is 71.1 Å². The van der Waals surface area contributed by atoms with Crippen molar-refractivity contribution in [2.24, 2.45) is 0 Å². The summed E-state index contributed by atoms with van der Waals surface area (Å²) in [6.45, 7) is 4.80. The molecule has 0 unspecified atom stereocenters. The van der Waals surface area contributed by atoms with Crippen molar-refractivity contribution in [2.75, 3.05) is 51.9 Å². The molecule has 0 saturated carbocycles. The molecule has 142 valence electrons. The molecule has 1 aromatic rings. The number of rotatable bonds is 6. The molecule has 3 amide bonds. The quantitative estimate of drug-likeness (QED) is 0.784. The van der Waals surface area contributed by atoms with Crippen molar-refractivity contribution in [3.63, 3.8) is 0 Å². The zero-order valence-corrected chi connectivity index (χ0v) is 15.7. The summed E-state index contributed by atoms with van der Waals surface area (Å²) in [7, 11) is 3.41. The molecule has 0 aliphatic carbocycles. The van der Waals surface area contributed by atoms with Crippen LogP contribution in [0.1, 0.15) is 25.3 Å². The molecule has 0 aromatic heterocycles. The smallest absolute Gasteiger partial charge is 0.317 e. The summed E-state index contributed by atoms with van der Waals surface area (Å²) in [6, 6.07) is 5.59. The van der Waals surface area contributed by atoms with Crippen LogP contribution in [0.4, 0.5) is 10.5 Å². The normalized spacial score (nSPS) is 21.4. The highest BCUT2D eigenvalue weighted by molar-refractivity contribution is 6.08.